The van der Waals surface area contributed by atoms with E-state index in [1.807, 2.05) is 6.07 Å². The van der Waals surface area contributed by atoms with Crippen molar-refractivity contribution in [1.82, 2.24) is 4.31 Å². The zero-order valence-corrected chi connectivity index (χ0v) is 9.57. The van der Waals surface area contributed by atoms with Crippen LogP contribution in [-0.4, -0.2) is 41.7 Å². The van der Waals surface area contributed by atoms with Gasteiger partial charge in [0.1, 0.15) is 0 Å². The molecule has 1 aliphatic heterocycles. The van der Waals surface area contributed by atoms with E-state index < -0.39 is 5.97 Å². The number of carboxylic acid groups (broad SMARTS) is 1. The van der Waals surface area contributed by atoms with Crippen LogP contribution in [0.5, 0.6) is 0 Å². The van der Waals surface area contributed by atoms with Gasteiger partial charge in [-0.25, -0.2) is 9.10 Å². The van der Waals surface area contributed by atoms with Crippen molar-refractivity contribution in [2.75, 3.05) is 26.3 Å². The number of rotatable bonds is 3. The second-order valence-electron chi connectivity index (χ2n) is 3.47. The minimum absolute atomic E-state index is 0.332. The topological polar surface area (TPSA) is 49.8 Å². The first-order valence-electron chi connectivity index (χ1n) is 5.10. The molecule has 0 saturated carbocycles. The van der Waals surface area contributed by atoms with E-state index in [0.29, 0.717) is 5.56 Å². The van der Waals surface area contributed by atoms with Crippen molar-refractivity contribution in [3.63, 3.8) is 0 Å². The molecule has 0 atom stereocenters. The second kappa shape index (κ2) is 5.34. The monoisotopic (exact) mass is 239 g/mol. The molecule has 0 unspecified atom stereocenters. The summed E-state index contributed by atoms with van der Waals surface area (Å²) in [6.45, 7) is 3.24. The summed E-state index contributed by atoms with van der Waals surface area (Å²) in [5.74, 6) is -0.885. The Morgan fingerprint density at radius 3 is 2.81 bits per heavy atom. The minimum Gasteiger partial charge on any atom is -0.478 e. The van der Waals surface area contributed by atoms with Gasteiger partial charge in [0.2, 0.25) is 0 Å². The molecule has 16 heavy (non-hydrogen) atoms. The quantitative estimate of drug-likeness (QED) is 0.814. The largest absolute Gasteiger partial charge is 0.478 e. The fourth-order valence-electron chi connectivity index (χ4n) is 1.47. The molecule has 0 spiro atoms. The molecule has 1 aromatic rings. The number of nitrogens with zero attached hydrogens (tertiary/aromatic N) is 1. The Bertz CT molecular complexity index is 377. The van der Waals surface area contributed by atoms with E-state index >= 15 is 0 Å². The number of hydrogen-bond acceptors (Lipinski definition) is 4. The molecule has 5 heteroatoms. The predicted molar refractivity (Wildman–Crippen MR) is 61.7 cm³/mol. The molecular formula is C11H13NO3S. The van der Waals surface area contributed by atoms with Crippen molar-refractivity contribution in [2.24, 2.45) is 0 Å². The van der Waals surface area contributed by atoms with Crippen LogP contribution in [-0.2, 0) is 4.74 Å². The van der Waals surface area contributed by atoms with E-state index in [1.54, 1.807) is 30.1 Å². The number of hydrogen-bond donors (Lipinski definition) is 1. The third-order valence-corrected chi connectivity index (χ3v) is 3.37. The van der Waals surface area contributed by atoms with Crippen molar-refractivity contribution in [3.8, 4) is 0 Å². The summed E-state index contributed by atoms with van der Waals surface area (Å²) in [5.41, 5.74) is 0.332. The summed E-state index contributed by atoms with van der Waals surface area (Å²) in [7, 11) is 0. The SMILES string of the molecule is O=C(O)c1cccc(SN2CCOCC2)c1. The summed E-state index contributed by atoms with van der Waals surface area (Å²) in [6, 6.07) is 6.99. The first-order valence-corrected chi connectivity index (χ1v) is 5.87. The van der Waals surface area contributed by atoms with Crippen LogP contribution < -0.4 is 0 Å². The van der Waals surface area contributed by atoms with Crippen molar-refractivity contribution in [2.45, 2.75) is 4.90 Å². The molecule has 1 fully saturated rings. The smallest absolute Gasteiger partial charge is 0.335 e. The van der Waals surface area contributed by atoms with Crippen LogP contribution in [0.15, 0.2) is 29.2 Å². The first-order chi connectivity index (χ1) is 7.75. The standard InChI is InChI=1S/C11H13NO3S/c13-11(14)9-2-1-3-10(8-9)16-12-4-6-15-7-5-12/h1-3,8H,4-7H2,(H,13,14). The van der Waals surface area contributed by atoms with Crippen LogP contribution >= 0.6 is 11.9 Å². The average Bonchev–Trinajstić information content (AvgIpc) is 2.30. The molecule has 86 valence electrons. The molecular weight excluding hydrogens is 226 g/mol. The number of carboxylic acids is 1. The van der Waals surface area contributed by atoms with Crippen molar-refractivity contribution in [1.29, 1.82) is 0 Å². The molecule has 4 nitrogen and oxygen atoms in total. The molecule has 1 aliphatic rings. The van der Waals surface area contributed by atoms with Gasteiger partial charge in [0.25, 0.3) is 0 Å². The lowest BCUT2D eigenvalue weighted by molar-refractivity contribution is 0.0696. The van der Waals surface area contributed by atoms with E-state index in [0.717, 1.165) is 31.2 Å². The first kappa shape index (κ1) is 11.4. The van der Waals surface area contributed by atoms with Crippen molar-refractivity contribution >= 4 is 17.9 Å². The maximum atomic E-state index is 10.8. The van der Waals surface area contributed by atoms with Crippen LogP contribution in [0, 0.1) is 0 Å². The average molecular weight is 239 g/mol. The van der Waals surface area contributed by atoms with E-state index in [9.17, 15) is 4.79 Å². The highest BCUT2D eigenvalue weighted by Crippen LogP contribution is 2.24. The maximum absolute atomic E-state index is 10.8. The van der Waals surface area contributed by atoms with Gasteiger partial charge in [-0.2, -0.15) is 0 Å². The lowest BCUT2D eigenvalue weighted by Gasteiger charge is -2.25. The molecule has 2 rings (SSSR count). The summed E-state index contributed by atoms with van der Waals surface area (Å²) in [5, 5.41) is 8.87. The van der Waals surface area contributed by atoms with Crippen LogP contribution in [0.25, 0.3) is 0 Å². The number of ether oxygens (including phenoxy) is 1. The normalized spacial score (nSPS) is 17.2. The maximum Gasteiger partial charge on any atom is 0.335 e. The minimum atomic E-state index is -0.885. The summed E-state index contributed by atoms with van der Waals surface area (Å²) < 4.78 is 7.44. The Kier molecular flexibility index (Phi) is 3.82. The zero-order valence-electron chi connectivity index (χ0n) is 8.76. The van der Waals surface area contributed by atoms with E-state index in [2.05, 4.69) is 4.31 Å². The second-order valence-corrected chi connectivity index (χ2v) is 4.64. The third-order valence-electron chi connectivity index (χ3n) is 2.29. The number of carbonyl (C=O) groups is 1. The molecule has 1 aromatic carbocycles. The van der Waals surface area contributed by atoms with Crippen molar-refractivity contribution < 1.29 is 14.6 Å². The molecule has 1 heterocycles. The molecule has 0 bridgehead atoms. The summed E-state index contributed by atoms with van der Waals surface area (Å²) in [6.07, 6.45) is 0. The highest BCUT2D eigenvalue weighted by molar-refractivity contribution is 7.97. The Morgan fingerprint density at radius 1 is 1.38 bits per heavy atom. The lowest BCUT2D eigenvalue weighted by atomic mass is 10.2. The predicted octanol–water partition coefficient (Wildman–Crippen LogP) is 1.72. The van der Waals surface area contributed by atoms with Gasteiger partial charge in [0, 0.05) is 18.0 Å². The van der Waals surface area contributed by atoms with Crippen LogP contribution in [0.2, 0.25) is 0 Å². The lowest BCUT2D eigenvalue weighted by Crippen LogP contribution is -2.30. The van der Waals surface area contributed by atoms with Gasteiger partial charge in [-0.3, -0.25) is 0 Å². The Labute approximate surface area is 98.3 Å². The highest BCUT2D eigenvalue weighted by Gasteiger charge is 2.12. The molecule has 1 N–H and O–H groups in total. The highest BCUT2D eigenvalue weighted by atomic mass is 32.2. The Hall–Kier alpha value is -1.04. The van der Waals surface area contributed by atoms with E-state index in [-0.39, 0.29) is 0 Å². The number of benzene rings is 1. The molecule has 0 radical (unpaired) electrons. The van der Waals surface area contributed by atoms with Gasteiger partial charge in [-0.1, -0.05) is 6.07 Å². The summed E-state index contributed by atoms with van der Waals surface area (Å²) in [4.78, 5) is 11.8. The van der Waals surface area contributed by atoms with Gasteiger partial charge in [-0.15, -0.1) is 0 Å². The molecule has 1 saturated heterocycles. The molecule has 0 aliphatic carbocycles. The Morgan fingerprint density at radius 2 is 2.12 bits per heavy atom. The van der Waals surface area contributed by atoms with Gasteiger partial charge in [0.15, 0.2) is 0 Å². The molecule has 0 amide bonds. The fourth-order valence-corrected chi connectivity index (χ4v) is 2.42. The zero-order chi connectivity index (χ0) is 11.4. The summed E-state index contributed by atoms with van der Waals surface area (Å²) >= 11 is 1.59. The van der Waals surface area contributed by atoms with Gasteiger partial charge in [0.05, 0.1) is 18.8 Å². The number of morpholine rings is 1. The fraction of sp³-hybridized carbons (Fsp3) is 0.364. The number of aromatic carboxylic acids is 1. The Balaban J connectivity index is 2.02. The van der Waals surface area contributed by atoms with Crippen LogP contribution in [0.4, 0.5) is 0 Å². The molecule has 0 aromatic heterocycles. The van der Waals surface area contributed by atoms with Crippen LogP contribution in [0.3, 0.4) is 0 Å². The van der Waals surface area contributed by atoms with Gasteiger partial charge >= 0.3 is 5.97 Å². The third kappa shape index (κ3) is 2.98. The van der Waals surface area contributed by atoms with Crippen LogP contribution in [0.1, 0.15) is 10.4 Å². The van der Waals surface area contributed by atoms with E-state index in [1.165, 1.54) is 0 Å². The van der Waals surface area contributed by atoms with Gasteiger partial charge in [-0.05, 0) is 30.1 Å². The van der Waals surface area contributed by atoms with Crippen molar-refractivity contribution in [3.05, 3.63) is 29.8 Å². The van der Waals surface area contributed by atoms with Gasteiger partial charge < -0.3 is 9.84 Å². The van der Waals surface area contributed by atoms with E-state index in [4.69, 9.17) is 9.84 Å².